The summed E-state index contributed by atoms with van der Waals surface area (Å²) in [6, 6.07) is 21.0. The zero-order chi connectivity index (χ0) is 22.9. The first-order valence-electron chi connectivity index (χ1n) is 9.79. The van der Waals surface area contributed by atoms with Gasteiger partial charge in [0.15, 0.2) is 5.16 Å². The molecular weight excluding hydrogens is 464 g/mol. The zero-order valence-electron chi connectivity index (χ0n) is 16.8. The van der Waals surface area contributed by atoms with Crippen molar-refractivity contribution >= 4 is 57.5 Å². The molecule has 164 valence electrons. The number of carbonyl (C=O) groups is 1. The van der Waals surface area contributed by atoms with Crippen molar-refractivity contribution in [3.8, 4) is 0 Å². The summed E-state index contributed by atoms with van der Waals surface area (Å²) in [5, 5.41) is 21.1. The van der Waals surface area contributed by atoms with Gasteiger partial charge in [-0.1, -0.05) is 65.8 Å². The van der Waals surface area contributed by atoms with Crippen LogP contribution in [-0.4, -0.2) is 30.4 Å². The third kappa shape index (κ3) is 4.01. The summed E-state index contributed by atoms with van der Waals surface area (Å²) >= 11 is 7.14. The van der Waals surface area contributed by atoms with Crippen molar-refractivity contribution in [3.63, 3.8) is 0 Å². The lowest BCUT2D eigenvalue weighted by atomic mass is 10.1. The highest BCUT2D eigenvalue weighted by molar-refractivity contribution is 8.00. The van der Waals surface area contributed by atoms with Crippen LogP contribution in [0, 0.1) is 10.1 Å². The maximum atomic E-state index is 13.3. The molecular formula is C22H15ClN6O3S. The molecule has 0 fully saturated rings. The Morgan fingerprint density at radius 3 is 2.67 bits per heavy atom. The number of hydrogen-bond donors (Lipinski definition) is 2. The van der Waals surface area contributed by atoms with Crippen LogP contribution in [0.1, 0.15) is 10.8 Å². The van der Waals surface area contributed by atoms with E-state index in [9.17, 15) is 14.9 Å². The van der Waals surface area contributed by atoms with Gasteiger partial charge < -0.3 is 5.32 Å². The maximum absolute atomic E-state index is 13.3. The van der Waals surface area contributed by atoms with Gasteiger partial charge >= 0.3 is 0 Å². The van der Waals surface area contributed by atoms with Crippen LogP contribution in [0.2, 0.25) is 5.02 Å². The lowest BCUT2D eigenvalue weighted by Crippen LogP contribution is -2.19. The van der Waals surface area contributed by atoms with E-state index in [1.165, 1.54) is 30.0 Å². The first kappa shape index (κ1) is 21.0. The van der Waals surface area contributed by atoms with Crippen LogP contribution in [0.15, 0.2) is 78.0 Å². The Kier molecular flexibility index (Phi) is 5.45. The van der Waals surface area contributed by atoms with Crippen LogP contribution in [0.25, 0.3) is 16.8 Å². The molecule has 0 saturated carbocycles. The number of nitrogens with zero attached hydrogens (tertiary/aromatic N) is 4. The Hall–Kier alpha value is -3.89. The van der Waals surface area contributed by atoms with Crippen LogP contribution >= 0.6 is 23.4 Å². The average Bonchev–Trinajstić information content (AvgIpc) is 3.38. The minimum Gasteiger partial charge on any atom is -0.325 e. The number of aromatic amines is 1. The second-order valence-electron chi connectivity index (χ2n) is 7.09. The fourth-order valence-corrected chi connectivity index (χ4v) is 4.71. The van der Waals surface area contributed by atoms with Gasteiger partial charge in [-0.15, -0.1) is 5.10 Å². The van der Waals surface area contributed by atoms with E-state index >= 15 is 0 Å². The Bertz CT molecular complexity index is 1500. The summed E-state index contributed by atoms with van der Waals surface area (Å²) in [4.78, 5) is 28.5. The van der Waals surface area contributed by atoms with Crippen molar-refractivity contribution in [1.82, 2.24) is 19.6 Å². The second kappa shape index (κ2) is 8.57. The molecule has 9 nitrogen and oxygen atoms in total. The number of aromatic nitrogens is 4. The van der Waals surface area contributed by atoms with Gasteiger partial charge in [0.25, 0.3) is 5.69 Å². The first-order chi connectivity index (χ1) is 16.0. The smallest absolute Gasteiger partial charge is 0.289 e. The maximum Gasteiger partial charge on any atom is 0.289 e. The van der Waals surface area contributed by atoms with Crippen molar-refractivity contribution in [2.75, 3.05) is 5.32 Å². The summed E-state index contributed by atoms with van der Waals surface area (Å²) in [6.07, 6.45) is 0. The summed E-state index contributed by atoms with van der Waals surface area (Å²) in [6.45, 7) is 0. The fourth-order valence-electron chi connectivity index (χ4n) is 3.47. The van der Waals surface area contributed by atoms with Gasteiger partial charge in [-0.05, 0) is 29.8 Å². The van der Waals surface area contributed by atoms with Gasteiger partial charge in [0, 0.05) is 11.8 Å². The van der Waals surface area contributed by atoms with Gasteiger partial charge in [0.2, 0.25) is 11.7 Å². The molecule has 0 aliphatic rings. The standard InChI is InChI=1S/C22H15ClN6O3S/c23-15-11-10-14(12-18(15)29(31)32)24-20(30)19(13-6-2-1-3-7-13)33-22-27-26-21-25-16-8-4-5-9-17(16)28(21)22/h1-12,19H,(H,24,30)(H,25,26). The number of para-hydroxylation sites is 2. The third-order valence-electron chi connectivity index (χ3n) is 4.98. The first-order valence-corrected chi connectivity index (χ1v) is 11.0. The number of amides is 1. The van der Waals surface area contributed by atoms with Gasteiger partial charge in [-0.25, -0.2) is 10.1 Å². The van der Waals surface area contributed by atoms with E-state index in [0.717, 1.165) is 16.6 Å². The van der Waals surface area contributed by atoms with E-state index in [0.29, 0.717) is 10.9 Å². The molecule has 11 heteroatoms. The van der Waals surface area contributed by atoms with Crippen LogP contribution in [-0.2, 0) is 4.79 Å². The van der Waals surface area contributed by atoms with Crippen LogP contribution in [0.5, 0.6) is 0 Å². The molecule has 33 heavy (non-hydrogen) atoms. The molecule has 0 saturated heterocycles. The highest BCUT2D eigenvalue weighted by Gasteiger charge is 2.26. The predicted octanol–water partition coefficient (Wildman–Crippen LogP) is 5.24. The van der Waals surface area contributed by atoms with Crippen molar-refractivity contribution < 1.29 is 9.72 Å². The predicted molar refractivity (Wildman–Crippen MR) is 127 cm³/mol. The number of thioether (sulfide) groups is 1. The number of carbonyl (C=O) groups excluding carboxylic acids is 1. The molecule has 1 unspecified atom stereocenters. The van der Waals surface area contributed by atoms with Crippen molar-refractivity contribution in [3.05, 3.63) is 93.5 Å². The number of nitro benzene ring substituents is 1. The largest absolute Gasteiger partial charge is 0.325 e. The topological polar surface area (TPSA) is 118 Å². The van der Waals surface area contributed by atoms with E-state index < -0.39 is 10.2 Å². The Balaban J connectivity index is 1.51. The minimum absolute atomic E-state index is 0.00196. The molecule has 1 atom stereocenters. The van der Waals surface area contributed by atoms with Crippen LogP contribution in [0.4, 0.5) is 11.4 Å². The van der Waals surface area contributed by atoms with Crippen LogP contribution < -0.4 is 5.32 Å². The Labute approximate surface area is 195 Å². The Morgan fingerprint density at radius 2 is 1.88 bits per heavy atom. The quantitative estimate of drug-likeness (QED) is 0.195. The molecule has 0 aliphatic carbocycles. The average molecular weight is 479 g/mol. The fraction of sp³-hybridized carbons (Fsp3) is 0.0455. The molecule has 0 radical (unpaired) electrons. The van der Waals surface area contributed by atoms with Crippen molar-refractivity contribution in [2.45, 2.75) is 10.4 Å². The van der Waals surface area contributed by atoms with Crippen molar-refractivity contribution in [1.29, 1.82) is 0 Å². The molecule has 2 aromatic heterocycles. The molecule has 1 amide bonds. The number of benzene rings is 3. The lowest BCUT2D eigenvalue weighted by molar-refractivity contribution is -0.384. The number of halogens is 1. The molecule has 2 N–H and O–H groups in total. The van der Waals surface area contributed by atoms with E-state index in [4.69, 9.17) is 11.6 Å². The molecule has 2 heterocycles. The summed E-state index contributed by atoms with van der Waals surface area (Å²) < 4.78 is 1.86. The third-order valence-corrected chi connectivity index (χ3v) is 6.50. The normalized spacial score (nSPS) is 12.2. The van der Waals surface area contributed by atoms with Gasteiger partial charge in [0.1, 0.15) is 10.3 Å². The van der Waals surface area contributed by atoms with Gasteiger partial charge in [-0.2, -0.15) is 0 Å². The monoisotopic (exact) mass is 478 g/mol. The van der Waals surface area contributed by atoms with Crippen molar-refractivity contribution in [2.24, 2.45) is 0 Å². The number of rotatable bonds is 6. The second-order valence-corrected chi connectivity index (χ2v) is 8.57. The highest BCUT2D eigenvalue weighted by atomic mass is 35.5. The number of nitro groups is 1. The lowest BCUT2D eigenvalue weighted by Gasteiger charge is -2.16. The van der Waals surface area contributed by atoms with E-state index in [1.54, 1.807) is 0 Å². The number of nitrogens with one attached hydrogen (secondary N) is 2. The number of imidazole rings is 1. The number of fused-ring (bicyclic) bond motifs is 3. The van der Waals surface area contributed by atoms with Gasteiger partial charge in [0.05, 0.1) is 16.0 Å². The van der Waals surface area contributed by atoms with Gasteiger partial charge in [-0.3, -0.25) is 19.3 Å². The minimum atomic E-state index is -0.686. The number of H-pyrrole nitrogens is 1. The highest BCUT2D eigenvalue weighted by Crippen LogP contribution is 2.37. The molecule has 3 aromatic carbocycles. The Morgan fingerprint density at radius 1 is 1.12 bits per heavy atom. The van der Waals surface area contributed by atoms with E-state index in [2.05, 4.69) is 20.5 Å². The summed E-state index contributed by atoms with van der Waals surface area (Å²) in [7, 11) is 0. The summed E-state index contributed by atoms with van der Waals surface area (Å²) in [5.41, 5.74) is 2.42. The number of anilines is 1. The molecule has 5 aromatic rings. The van der Waals surface area contributed by atoms with E-state index in [1.807, 2.05) is 59.0 Å². The molecule has 0 bridgehead atoms. The van der Waals surface area contributed by atoms with E-state index in [-0.39, 0.29) is 22.3 Å². The molecule has 0 aliphatic heterocycles. The number of hydrogen-bond acceptors (Lipinski definition) is 6. The summed E-state index contributed by atoms with van der Waals surface area (Å²) in [5.74, 6) is 0.211. The zero-order valence-corrected chi connectivity index (χ0v) is 18.4. The SMILES string of the molecule is O=C(Nc1ccc(Cl)c([N+](=O)[O-])c1)C(Sc1n[nH]c2nc3ccccc3n12)c1ccccc1. The van der Waals surface area contributed by atoms with Crippen LogP contribution in [0.3, 0.4) is 0 Å². The molecule has 5 rings (SSSR count). The molecule has 0 spiro atoms.